The van der Waals surface area contributed by atoms with Crippen molar-refractivity contribution in [1.29, 1.82) is 0 Å². The van der Waals surface area contributed by atoms with Crippen molar-refractivity contribution in [3.63, 3.8) is 0 Å². The Morgan fingerprint density at radius 1 is 1.56 bits per heavy atom. The maximum atomic E-state index is 6.02. The van der Waals surface area contributed by atoms with Crippen molar-refractivity contribution >= 4 is 5.82 Å². The van der Waals surface area contributed by atoms with Gasteiger partial charge in [-0.05, 0) is 25.3 Å². The van der Waals surface area contributed by atoms with Crippen molar-refractivity contribution in [3.8, 4) is 0 Å². The normalized spacial score (nSPS) is 26.1. The highest BCUT2D eigenvalue weighted by Gasteiger charge is 2.28. The zero-order valence-corrected chi connectivity index (χ0v) is 11.5. The van der Waals surface area contributed by atoms with Gasteiger partial charge >= 0.3 is 0 Å². The molecule has 4 nitrogen and oxygen atoms in total. The molecule has 0 aliphatic carbocycles. The van der Waals surface area contributed by atoms with Gasteiger partial charge in [-0.3, -0.25) is 0 Å². The van der Waals surface area contributed by atoms with Crippen LogP contribution in [0.15, 0.2) is 18.3 Å². The van der Waals surface area contributed by atoms with Crippen LogP contribution < -0.4 is 10.6 Å². The second-order valence-electron chi connectivity index (χ2n) is 5.19. The maximum Gasteiger partial charge on any atom is 0.133 e. The molecule has 4 heteroatoms. The number of methoxy groups -OCH3 is 1. The minimum atomic E-state index is 0.00837. The minimum Gasteiger partial charge on any atom is -0.379 e. The molecule has 1 fully saturated rings. The Morgan fingerprint density at radius 2 is 2.33 bits per heavy atom. The number of nitrogens with zero attached hydrogens (tertiary/aromatic N) is 2. The summed E-state index contributed by atoms with van der Waals surface area (Å²) in [6.45, 7) is 6.17. The Balaban J connectivity index is 2.21. The van der Waals surface area contributed by atoms with Gasteiger partial charge in [0.2, 0.25) is 0 Å². The Morgan fingerprint density at radius 3 is 3.00 bits per heavy atom. The Labute approximate surface area is 109 Å². The summed E-state index contributed by atoms with van der Waals surface area (Å²) in [5.41, 5.74) is 7.13. The van der Waals surface area contributed by atoms with E-state index in [1.165, 1.54) is 0 Å². The van der Waals surface area contributed by atoms with Crippen LogP contribution >= 0.6 is 0 Å². The van der Waals surface area contributed by atoms with Crippen LogP contribution in [-0.4, -0.2) is 31.3 Å². The van der Waals surface area contributed by atoms with E-state index in [9.17, 15) is 0 Å². The summed E-state index contributed by atoms with van der Waals surface area (Å²) in [5, 5.41) is 0. The molecular weight excluding hydrogens is 226 g/mol. The van der Waals surface area contributed by atoms with Crippen LogP contribution in [0.1, 0.15) is 31.9 Å². The number of hydrogen-bond donors (Lipinski definition) is 1. The molecular formula is C14H23N3O. The molecule has 100 valence electrons. The summed E-state index contributed by atoms with van der Waals surface area (Å²) in [6, 6.07) is 4.02. The van der Waals surface area contributed by atoms with Crippen molar-refractivity contribution in [2.75, 3.05) is 25.1 Å². The van der Waals surface area contributed by atoms with E-state index < -0.39 is 0 Å². The smallest absolute Gasteiger partial charge is 0.133 e. The van der Waals surface area contributed by atoms with Crippen LogP contribution in [0.4, 0.5) is 5.82 Å². The summed E-state index contributed by atoms with van der Waals surface area (Å²) in [5.74, 6) is 1.62. The SMILES string of the molecule is COC1CN(c2ncccc2[C@@H](C)N)CCC1C. The van der Waals surface area contributed by atoms with E-state index in [0.29, 0.717) is 5.92 Å². The summed E-state index contributed by atoms with van der Waals surface area (Å²) < 4.78 is 5.55. The van der Waals surface area contributed by atoms with Gasteiger partial charge in [0.15, 0.2) is 0 Å². The average molecular weight is 249 g/mol. The first-order chi connectivity index (χ1) is 8.63. The molecule has 1 aromatic rings. The van der Waals surface area contributed by atoms with Crippen LogP contribution in [-0.2, 0) is 4.74 Å². The standard InChI is InChI=1S/C14H23N3O/c1-10-6-8-17(9-13(10)18-3)14-12(11(2)15)5-4-7-16-14/h4-5,7,10-11,13H,6,8-9,15H2,1-3H3/t10?,11-,13?/m1/s1. The van der Waals surface area contributed by atoms with Gasteiger partial charge in [-0.15, -0.1) is 0 Å². The van der Waals surface area contributed by atoms with Crippen LogP contribution in [0.3, 0.4) is 0 Å². The van der Waals surface area contributed by atoms with Crippen molar-refractivity contribution < 1.29 is 4.74 Å². The largest absolute Gasteiger partial charge is 0.379 e. The molecule has 0 bridgehead atoms. The quantitative estimate of drug-likeness (QED) is 0.889. The molecule has 3 atom stereocenters. The molecule has 1 aliphatic rings. The number of hydrogen-bond acceptors (Lipinski definition) is 4. The molecule has 0 amide bonds. The summed E-state index contributed by atoms with van der Waals surface area (Å²) in [7, 11) is 1.79. The van der Waals surface area contributed by atoms with Crippen molar-refractivity contribution in [2.45, 2.75) is 32.4 Å². The molecule has 2 heterocycles. The lowest BCUT2D eigenvalue weighted by molar-refractivity contribution is 0.0496. The van der Waals surface area contributed by atoms with Crippen LogP contribution in [0, 0.1) is 5.92 Å². The first-order valence-electron chi connectivity index (χ1n) is 6.61. The predicted octanol–water partition coefficient (Wildman–Crippen LogP) is 1.96. The Hall–Kier alpha value is -1.13. The molecule has 1 saturated heterocycles. The lowest BCUT2D eigenvalue weighted by atomic mass is 9.95. The Kier molecular flexibility index (Phi) is 4.19. The fraction of sp³-hybridized carbons (Fsp3) is 0.643. The van der Waals surface area contributed by atoms with E-state index in [-0.39, 0.29) is 12.1 Å². The summed E-state index contributed by atoms with van der Waals surface area (Å²) in [4.78, 5) is 6.81. The van der Waals surface area contributed by atoms with Crippen molar-refractivity contribution in [3.05, 3.63) is 23.9 Å². The molecule has 2 N–H and O–H groups in total. The van der Waals surface area contributed by atoms with Crippen molar-refractivity contribution in [1.82, 2.24) is 4.98 Å². The first-order valence-corrected chi connectivity index (χ1v) is 6.61. The maximum absolute atomic E-state index is 6.02. The van der Waals surface area contributed by atoms with Gasteiger partial charge in [0.05, 0.1) is 6.10 Å². The number of piperidine rings is 1. The van der Waals surface area contributed by atoms with E-state index >= 15 is 0 Å². The molecule has 0 radical (unpaired) electrons. The van der Waals surface area contributed by atoms with Gasteiger partial charge in [-0.2, -0.15) is 0 Å². The summed E-state index contributed by atoms with van der Waals surface area (Å²) in [6.07, 6.45) is 3.25. The monoisotopic (exact) mass is 249 g/mol. The van der Waals surface area contributed by atoms with Crippen LogP contribution in [0.25, 0.3) is 0 Å². The molecule has 2 unspecified atom stereocenters. The predicted molar refractivity (Wildman–Crippen MR) is 73.6 cm³/mol. The molecule has 18 heavy (non-hydrogen) atoms. The summed E-state index contributed by atoms with van der Waals surface area (Å²) >= 11 is 0. The fourth-order valence-corrected chi connectivity index (χ4v) is 2.56. The number of nitrogens with two attached hydrogens (primary N) is 1. The number of aromatic nitrogens is 1. The average Bonchev–Trinajstić information content (AvgIpc) is 2.39. The second kappa shape index (κ2) is 5.67. The highest BCUT2D eigenvalue weighted by Crippen LogP contribution is 2.28. The topological polar surface area (TPSA) is 51.4 Å². The second-order valence-corrected chi connectivity index (χ2v) is 5.19. The van der Waals surface area contributed by atoms with Gasteiger partial charge in [-0.1, -0.05) is 13.0 Å². The molecule has 0 aromatic carbocycles. The van der Waals surface area contributed by atoms with Gasteiger partial charge in [0.1, 0.15) is 5.82 Å². The van der Waals surface area contributed by atoms with Gasteiger partial charge < -0.3 is 15.4 Å². The number of anilines is 1. The number of ether oxygens (including phenoxy) is 1. The van der Waals surface area contributed by atoms with Gasteiger partial charge in [-0.25, -0.2) is 4.98 Å². The molecule has 1 aliphatic heterocycles. The third-order valence-corrected chi connectivity index (χ3v) is 3.80. The lowest BCUT2D eigenvalue weighted by Gasteiger charge is -2.38. The highest BCUT2D eigenvalue weighted by atomic mass is 16.5. The number of rotatable bonds is 3. The zero-order chi connectivity index (χ0) is 13.1. The minimum absolute atomic E-state index is 0.00837. The highest BCUT2D eigenvalue weighted by molar-refractivity contribution is 5.48. The van der Waals surface area contributed by atoms with E-state index in [2.05, 4.69) is 22.9 Å². The van der Waals surface area contributed by atoms with E-state index in [4.69, 9.17) is 10.5 Å². The van der Waals surface area contributed by atoms with Crippen LogP contribution in [0.2, 0.25) is 0 Å². The van der Waals surface area contributed by atoms with E-state index in [1.807, 2.05) is 19.2 Å². The van der Waals surface area contributed by atoms with E-state index in [1.54, 1.807) is 7.11 Å². The molecule has 1 aromatic heterocycles. The Bertz CT molecular complexity index is 394. The third kappa shape index (κ3) is 2.65. The molecule has 2 rings (SSSR count). The van der Waals surface area contributed by atoms with Gasteiger partial charge in [0.25, 0.3) is 0 Å². The molecule has 0 spiro atoms. The first kappa shape index (κ1) is 13.3. The fourth-order valence-electron chi connectivity index (χ4n) is 2.56. The zero-order valence-electron chi connectivity index (χ0n) is 11.5. The van der Waals surface area contributed by atoms with Crippen LogP contribution in [0.5, 0.6) is 0 Å². The van der Waals surface area contributed by atoms with Crippen molar-refractivity contribution in [2.24, 2.45) is 11.7 Å². The van der Waals surface area contributed by atoms with Gasteiger partial charge in [0, 0.05) is 38.0 Å². The van der Waals surface area contributed by atoms with E-state index in [0.717, 1.165) is 30.9 Å². The molecule has 0 saturated carbocycles. The number of pyridine rings is 1. The third-order valence-electron chi connectivity index (χ3n) is 3.80. The lowest BCUT2D eigenvalue weighted by Crippen LogP contribution is -2.44.